The number of sulfonamides is 1. The number of nitriles is 1. The smallest absolute Gasteiger partial charge is 0.307 e. The molecular formula is C21H15F3N4O3S. The largest absolute Gasteiger partial charge is 0.418 e. The number of hydrogen-bond donors (Lipinski definition) is 3. The summed E-state index contributed by atoms with van der Waals surface area (Å²) in [7, 11) is -4.06. The normalized spacial score (nSPS) is 11.3. The lowest BCUT2D eigenvalue weighted by atomic mass is 10.1. The summed E-state index contributed by atoms with van der Waals surface area (Å²) >= 11 is 0. The Labute approximate surface area is 181 Å². The predicted octanol–water partition coefficient (Wildman–Crippen LogP) is 5.02. The van der Waals surface area contributed by atoms with Crippen molar-refractivity contribution < 1.29 is 26.4 Å². The van der Waals surface area contributed by atoms with E-state index in [1.807, 2.05) is 6.07 Å². The van der Waals surface area contributed by atoms with Crippen LogP contribution in [0.2, 0.25) is 0 Å². The zero-order valence-electron chi connectivity index (χ0n) is 16.1. The van der Waals surface area contributed by atoms with Crippen LogP contribution in [0, 0.1) is 11.3 Å². The molecule has 0 saturated heterocycles. The summed E-state index contributed by atoms with van der Waals surface area (Å²) in [5.74, 6) is 0. The fraction of sp³-hybridized carbons (Fsp3) is 0.0476. The Balaban J connectivity index is 1.88. The molecule has 3 N–H and O–H groups in total. The number of para-hydroxylation sites is 1. The second-order valence-electron chi connectivity index (χ2n) is 6.41. The van der Waals surface area contributed by atoms with Crippen LogP contribution in [0.1, 0.15) is 11.1 Å². The molecule has 0 spiro atoms. The first-order chi connectivity index (χ1) is 15.1. The standard InChI is InChI=1S/C21H15F3N4O3S/c22-21(23,24)16-8-4-5-9-17(16)26-20(29)27-18-11-10-14(13-25)12-19(18)28-32(30,31)15-6-2-1-3-7-15/h1-12,28H,(H2,26,27,29). The van der Waals surface area contributed by atoms with Crippen LogP contribution in [0.15, 0.2) is 77.7 Å². The molecule has 0 aliphatic carbocycles. The Morgan fingerprint density at radius 3 is 2.12 bits per heavy atom. The highest BCUT2D eigenvalue weighted by Gasteiger charge is 2.33. The molecule has 0 atom stereocenters. The van der Waals surface area contributed by atoms with Crippen molar-refractivity contribution in [2.24, 2.45) is 0 Å². The molecule has 32 heavy (non-hydrogen) atoms. The van der Waals surface area contributed by atoms with Gasteiger partial charge < -0.3 is 10.6 Å². The van der Waals surface area contributed by atoms with Gasteiger partial charge in [-0.25, -0.2) is 13.2 Å². The highest BCUT2D eigenvalue weighted by atomic mass is 32.2. The lowest BCUT2D eigenvalue weighted by molar-refractivity contribution is -0.136. The molecule has 0 aromatic heterocycles. The molecule has 2 amide bonds. The highest BCUT2D eigenvalue weighted by molar-refractivity contribution is 7.92. The van der Waals surface area contributed by atoms with Crippen LogP contribution in [0.4, 0.5) is 35.0 Å². The van der Waals surface area contributed by atoms with Crippen LogP contribution in [0.3, 0.4) is 0 Å². The minimum atomic E-state index is -4.69. The molecule has 0 radical (unpaired) electrons. The van der Waals surface area contributed by atoms with E-state index in [2.05, 4.69) is 15.4 Å². The maximum atomic E-state index is 13.1. The third-order valence-corrected chi connectivity index (χ3v) is 5.56. The van der Waals surface area contributed by atoms with E-state index in [1.165, 1.54) is 54.6 Å². The average molecular weight is 460 g/mol. The van der Waals surface area contributed by atoms with Gasteiger partial charge in [0.2, 0.25) is 0 Å². The summed E-state index contributed by atoms with van der Waals surface area (Å²) in [6, 6.07) is 16.4. The van der Waals surface area contributed by atoms with Crippen LogP contribution in [-0.2, 0) is 16.2 Å². The summed E-state index contributed by atoms with van der Waals surface area (Å²) in [6.45, 7) is 0. The molecule has 3 aromatic rings. The van der Waals surface area contributed by atoms with Crippen LogP contribution < -0.4 is 15.4 Å². The van der Waals surface area contributed by atoms with Gasteiger partial charge in [0.1, 0.15) is 0 Å². The maximum Gasteiger partial charge on any atom is 0.418 e. The zero-order valence-corrected chi connectivity index (χ0v) is 17.0. The number of halogens is 3. The number of hydrogen-bond acceptors (Lipinski definition) is 4. The molecule has 0 fully saturated rings. The van der Waals surface area contributed by atoms with Gasteiger partial charge in [0.15, 0.2) is 0 Å². The number of rotatable bonds is 5. The molecule has 164 valence electrons. The Bertz CT molecular complexity index is 1290. The van der Waals surface area contributed by atoms with Crippen molar-refractivity contribution in [1.29, 1.82) is 5.26 Å². The number of nitrogens with one attached hydrogen (secondary N) is 3. The monoisotopic (exact) mass is 460 g/mol. The first-order valence-corrected chi connectivity index (χ1v) is 10.4. The molecule has 0 aliphatic heterocycles. The second-order valence-corrected chi connectivity index (χ2v) is 8.10. The van der Waals surface area contributed by atoms with Gasteiger partial charge in [0, 0.05) is 0 Å². The molecule has 3 aromatic carbocycles. The fourth-order valence-corrected chi connectivity index (χ4v) is 3.82. The Morgan fingerprint density at radius 1 is 0.844 bits per heavy atom. The minimum Gasteiger partial charge on any atom is -0.307 e. The van der Waals surface area contributed by atoms with Gasteiger partial charge in [0.25, 0.3) is 10.0 Å². The quantitative estimate of drug-likeness (QED) is 0.496. The molecule has 0 bridgehead atoms. The maximum absolute atomic E-state index is 13.1. The van der Waals surface area contributed by atoms with Gasteiger partial charge >= 0.3 is 12.2 Å². The van der Waals surface area contributed by atoms with Crippen LogP contribution in [-0.4, -0.2) is 14.4 Å². The number of amides is 2. The number of carbonyl (C=O) groups is 1. The van der Waals surface area contributed by atoms with E-state index < -0.39 is 33.5 Å². The SMILES string of the molecule is N#Cc1ccc(NC(=O)Nc2ccccc2C(F)(F)F)c(NS(=O)(=O)c2ccccc2)c1. The highest BCUT2D eigenvalue weighted by Crippen LogP contribution is 2.34. The third-order valence-electron chi connectivity index (χ3n) is 4.18. The van der Waals surface area contributed by atoms with Crippen molar-refractivity contribution in [2.75, 3.05) is 15.4 Å². The number of anilines is 3. The average Bonchev–Trinajstić information content (AvgIpc) is 2.75. The Hall–Kier alpha value is -4.04. The number of carbonyl (C=O) groups excluding carboxylic acids is 1. The molecule has 0 aliphatic rings. The summed E-state index contributed by atoms with van der Waals surface area (Å²) < 4.78 is 67.0. The van der Waals surface area contributed by atoms with Crippen molar-refractivity contribution in [3.8, 4) is 6.07 Å². The Kier molecular flexibility index (Phi) is 6.36. The van der Waals surface area contributed by atoms with Crippen molar-refractivity contribution in [3.05, 3.63) is 83.9 Å². The minimum absolute atomic E-state index is 0.0585. The van der Waals surface area contributed by atoms with Gasteiger partial charge in [0.05, 0.1) is 39.2 Å². The van der Waals surface area contributed by atoms with Gasteiger partial charge in [-0.1, -0.05) is 30.3 Å². The molecular weight excluding hydrogens is 445 g/mol. The lowest BCUT2D eigenvalue weighted by Crippen LogP contribution is -2.23. The van der Waals surface area contributed by atoms with E-state index in [-0.39, 0.29) is 21.8 Å². The summed E-state index contributed by atoms with van der Waals surface area (Å²) in [5, 5.41) is 13.5. The summed E-state index contributed by atoms with van der Waals surface area (Å²) in [5.41, 5.74) is -1.61. The molecule has 0 unspecified atom stereocenters. The molecule has 3 rings (SSSR count). The van der Waals surface area contributed by atoms with Crippen molar-refractivity contribution in [3.63, 3.8) is 0 Å². The zero-order chi connectivity index (χ0) is 23.4. The second kappa shape index (κ2) is 8.99. The van der Waals surface area contributed by atoms with E-state index >= 15 is 0 Å². The number of alkyl halides is 3. The number of benzene rings is 3. The fourth-order valence-electron chi connectivity index (χ4n) is 2.73. The van der Waals surface area contributed by atoms with Gasteiger partial charge in [-0.3, -0.25) is 4.72 Å². The molecule has 0 saturated carbocycles. The predicted molar refractivity (Wildman–Crippen MR) is 112 cm³/mol. The number of nitrogens with zero attached hydrogens (tertiary/aromatic N) is 1. The van der Waals surface area contributed by atoms with Gasteiger partial charge in [-0.2, -0.15) is 18.4 Å². The third kappa shape index (κ3) is 5.35. The lowest BCUT2D eigenvalue weighted by Gasteiger charge is -2.16. The van der Waals surface area contributed by atoms with E-state index in [9.17, 15) is 26.4 Å². The van der Waals surface area contributed by atoms with E-state index in [0.29, 0.717) is 0 Å². The number of urea groups is 1. The van der Waals surface area contributed by atoms with Crippen LogP contribution in [0.5, 0.6) is 0 Å². The van der Waals surface area contributed by atoms with E-state index in [4.69, 9.17) is 5.26 Å². The first-order valence-electron chi connectivity index (χ1n) is 8.96. The van der Waals surface area contributed by atoms with Gasteiger partial charge in [-0.05, 0) is 42.5 Å². The molecule has 7 nitrogen and oxygen atoms in total. The van der Waals surface area contributed by atoms with Crippen molar-refractivity contribution >= 4 is 33.1 Å². The molecule has 11 heteroatoms. The molecule has 0 heterocycles. The van der Waals surface area contributed by atoms with Crippen LogP contribution in [0.25, 0.3) is 0 Å². The first kappa shape index (κ1) is 22.6. The van der Waals surface area contributed by atoms with E-state index in [0.717, 1.165) is 12.1 Å². The van der Waals surface area contributed by atoms with Crippen molar-refractivity contribution in [1.82, 2.24) is 0 Å². The topological polar surface area (TPSA) is 111 Å². The Morgan fingerprint density at radius 2 is 1.47 bits per heavy atom. The van der Waals surface area contributed by atoms with Crippen LogP contribution >= 0.6 is 0 Å². The summed E-state index contributed by atoms with van der Waals surface area (Å²) in [6.07, 6.45) is -4.69. The van der Waals surface area contributed by atoms with E-state index in [1.54, 1.807) is 6.07 Å². The van der Waals surface area contributed by atoms with Gasteiger partial charge in [-0.15, -0.1) is 0 Å². The summed E-state index contributed by atoms with van der Waals surface area (Å²) in [4.78, 5) is 12.3. The van der Waals surface area contributed by atoms with Crippen molar-refractivity contribution in [2.45, 2.75) is 11.1 Å².